The molecule has 3 heteroatoms. The zero-order chi connectivity index (χ0) is 9.68. The van der Waals surface area contributed by atoms with Gasteiger partial charge in [0.15, 0.2) is 0 Å². The summed E-state index contributed by atoms with van der Waals surface area (Å²) in [5.41, 5.74) is 0. The largest absolute Gasteiger partial charge is 0.352 e. The van der Waals surface area contributed by atoms with Crippen LogP contribution in [0, 0.1) is 0 Å². The second-order valence-electron chi connectivity index (χ2n) is 3.93. The Labute approximate surface area is 80.5 Å². The van der Waals surface area contributed by atoms with E-state index < -0.39 is 0 Å². The van der Waals surface area contributed by atoms with Crippen LogP contribution in [-0.4, -0.2) is 37.0 Å². The van der Waals surface area contributed by atoms with E-state index in [2.05, 4.69) is 17.1 Å². The molecule has 76 valence electrons. The lowest BCUT2D eigenvalue weighted by molar-refractivity contribution is -0.122. The molecule has 1 aliphatic carbocycles. The molecule has 0 heterocycles. The third kappa shape index (κ3) is 4.88. The van der Waals surface area contributed by atoms with Crippen molar-refractivity contribution in [1.29, 1.82) is 0 Å². The maximum atomic E-state index is 11.3. The van der Waals surface area contributed by atoms with Crippen LogP contribution < -0.4 is 5.32 Å². The van der Waals surface area contributed by atoms with Gasteiger partial charge in [-0.15, -0.1) is 0 Å². The van der Waals surface area contributed by atoms with Gasteiger partial charge < -0.3 is 5.32 Å². The highest BCUT2D eigenvalue weighted by Gasteiger charge is 2.23. The molecule has 0 aliphatic heterocycles. The quantitative estimate of drug-likeness (QED) is 0.668. The molecule has 0 unspecified atom stereocenters. The van der Waals surface area contributed by atoms with E-state index in [-0.39, 0.29) is 5.91 Å². The van der Waals surface area contributed by atoms with Gasteiger partial charge in [0, 0.05) is 6.04 Å². The molecule has 13 heavy (non-hydrogen) atoms. The van der Waals surface area contributed by atoms with E-state index in [0.29, 0.717) is 12.6 Å². The molecule has 0 radical (unpaired) electrons. The van der Waals surface area contributed by atoms with E-state index in [4.69, 9.17) is 0 Å². The van der Waals surface area contributed by atoms with Gasteiger partial charge in [0.05, 0.1) is 6.54 Å². The van der Waals surface area contributed by atoms with Crippen molar-refractivity contribution in [3.05, 3.63) is 0 Å². The van der Waals surface area contributed by atoms with Gasteiger partial charge in [0.25, 0.3) is 0 Å². The van der Waals surface area contributed by atoms with E-state index in [1.807, 2.05) is 7.05 Å². The average molecular weight is 184 g/mol. The lowest BCUT2D eigenvalue weighted by Gasteiger charge is -2.15. The number of rotatable bonds is 6. The Morgan fingerprint density at radius 3 is 2.77 bits per heavy atom. The van der Waals surface area contributed by atoms with Gasteiger partial charge in [-0.25, -0.2) is 0 Å². The fraction of sp³-hybridized carbons (Fsp3) is 0.900. The van der Waals surface area contributed by atoms with Gasteiger partial charge in [0.1, 0.15) is 0 Å². The van der Waals surface area contributed by atoms with Gasteiger partial charge in [0.2, 0.25) is 5.91 Å². The highest BCUT2D eigenvalue weighted by Crippen LogP contribution is 2.18. The SMILES string of the molecule is CCCCN(C)CC(=O)NC1CC1. The summed E-state index contributed by atoms with van der Waals surface area (Å²) in [4.78, 5) is 13.4. The third-order valence-corrected chi connectivity index (χ3v) is 2.25. The van der Waals surface area contributed by atoms with Gasteiger partial charge >= 0.3 is 0 Å². The van der Waals surface area contributed by atoms with E-state index in [0.717, 1.165) is 6.54 Å². The standard InChI is InChI=1S/C10H20N2O/c1-3-4-7-12(2)8-10(13)11-9-5-6-9/h9H,3-8H2,1-2H3,(H,11,13). The van der Waals surface area contributed by atoms with Crippen LogP contribution in [-0.2, 0) is 4.79 Å². The Morgan fingerprint density at radius 1 is 1.54 bits per heavy atom. The number of nitrogens with one attached hydrogen (secondary N) is 1. The number of likely N-dealkylation sites (N-methyl/N-ethyl adjacent to an activating group) is 1. The highest BCUT2D eigenvalue weighted by molar-refractivity contribution is 5.78. The maximum Gasteiger partial charge on any atom is 0.234 e. The summed E-state index contributed by atoms with van der Waals surface area (Å²) in [5.74, 6) is 0.182. The monoisotopic (exact) mass is 184 g/mol. The molecule has 0 spiro atoms. The molecule has 0 aromatic carbocycles. The van der Waals surface area contributed by atoms with Gasteiger partial charge in [-0.1, -0.05) is 13.3 Å². The summed E-state index contributed by atoms with van der Waals surface area (Å²) in [6.45, 7) is 3.74. The molecule has 1 saturated carbocycles. The van der Waals surface area contributed by atoms with Crippen molar-refractivity contribution in [3.8, 4) is 0 Å². The third-order valence-electron chi connectivity index (χ3n) is 2.25. The number of amides is 1. The normalized spacial score (nSPS) is 16.2. The Hall–Kier alpha value is -0.570. The molecular weight excluding hydrogens is 164 g/mol. The molecule has 1 aliphatic rings. The number of carbonyl (C=O) groups excluding carboxylic acids is 1. The molecule has 0 saturated heterocycles. The number of nitrogens with zero attached hydrogens (tertiary/aromatic N) is 1. The summed E-state index contributed by atoms with van der Waals surface area (Å²) >= 11 is 0. The van der Waals surface area contributed by atoms with E-state index in [9.17, 15) is 4.79 Å². The van der Waals surface area contributed by atoms with Crippen LogP contribution in [0.15, 0.2) is 0 Å². The maximum absolute atomic E-state index is 11.3. The number of unbranched alkanes of at least 4 members (excludes halogenated alkanes) is 1. The molecule has 1 N–H and O–H groups in total. The number of hydrogen-bond donors (Lipinski definition) is 1. The van der Waals surface area contributed by atoms with Gasteiger partial charge in [-0.2, -0.15) is 0 Å². The first-order valence-corrected chi connectivity index (χ1v) is 5.20. The molecular formula is C10H20N2O. The fourth-order valence-corrected chi connectivity index (χ4v) is 1.25. The molecule has 0 aromatic heterocycles. The Balaban J connectivity index is 2.03. The van der Waals surface area contributed by atoms with E-state index in [1.54, 1.807) is 0 Å². The van der Waals surface area contributed by atoms with E-state index >= 15 is 0 Å². The van der Waals surface area contributed by atoms with Crippen LogP contribution in [0.5, 0.6) is 0 Å². The van der Waals surface area contributed by atoms with Crippen LogP contribution in [0.3, 0.4) is 0 Å². The first kappa shape index (κ1) is 10.5. The fourth-order valence-electron chi connectivity index (χ4n) is 1.25. The molecule has 3 nitrogen and oxygen atoms in total. The molecule has 0 atom stereocenters. The van der Waals surface area contributed by atoms with Crippen LogP contribution in [0.2, 0.25) is 0 Å². The zero-order valence-electron chi connectivity index (χ0n) is 8.68. The van der Waals surface area contributed by atoms with Crippen molar-refractivity contribution in [2.24, 2.45) is 0 Å². The van der Waals surface area contributed by atoms with Crippen molar-refractivity contribution in [1.82, 2.24) is 10.2 Å². The Bertz CT molecular complexity index is 166. The van der Waals surface area contributed by atoms with Crippen LogP contribution in [0.25, 0.3) is 0 Å². The van der Waals surface area contributed by atoms with Gasteiger partial charge in [-0.3, -0.25) is 9.69 Å². The molecule has 1 rings (SSSR count). The second-order valence-corrected chi connectivity index (χ2v) is 3.93. The van der Waals surface area contributed by atoms with Crippen molar-refractivity contribution < 1.29 is 4.79 Å². The summed E-state index contributed by atoms with van der Waals surface area (Å²) in [5, 5.41) is 2.98. The van der Waals surface area contributed by atoms with Crippen molar-refractivity contribution >= 4 is 5.91 Å². The number of carbonyl (C=O) groups is 1. The van der Waals surface area contributed by atoms with Crippen LogP contribution in [0.1, 0.15) is 32.6 Å². The molecule has 0 aromatic rings. The van der Waals surface area contributed by atoms with E-state index in [1.165, 1.54) is 25.7 Å². The molecule has 1 fully saturated rings. The van der Waals surface area contributed by atoms with Crippen LogP contribution in [0.4, 0.5) is 0 Å². The first-order valence-electron chi connectivity index (χ1n) is 5.20. The van der Waals surface area contributed by atoms with Crippen molar-refractivity contribution in [3.63, 3.8) is 0 Å². The topological polar surface area (TPSA) is 32.3 Å². The molecule has 1 amide bonds. The molecule has 0 bridgehead atoms. The Kier molecular flexibility index (Phi) is 4.22. The van der Waals surface area contributed by atoms with Crippen LogP contribution >= 0.6 is 0 Å². The highest BCUT2D eigenvalue weighted by atomic mass is 16.2. The number of hydrogen-bond acceptors (Lipinski definition) is 2. The minimum atomic E-state index is 0.182. The zero-order valence-corrected chi connectivity index (χ0v) is 8.68. The first-order chi connectivity index (χ1) is 6.22. The smallest absolute Gasteiger partial charge is 0.234 e. The minimum Gasteiger partial charge on any atom is -0.352 e. The lowest BCUT2D eigenvalue weighted by Crippen LogP contribution is -2.36. The van der Waals surface area contributed by atoms with Crippen molar-refractivity contribution in [2.45, 2.75) is 38.6 Å². The van der Waals surface area contributed by atoms with Gasteiger partial charge in [-0.05, 0) is 32.9 Å². The summed E-state index contributed by atoms with van der Waals surface area (Å²) in [7, 11) is 2.00. The summed E-state index contributed by atoms with van der Waals surface area (Å²) < 4.78 is 0. The predicted molar refractivity (Wildman–Crippen MR) is 53.6 cm³/mol. The summed E-state index contributed by atoms with van der Waals surface area (Å²) in [6, 6.07) is 0.493. The predicted octanol–water partition coefficient (Wildman–Crippen LogP) is 0.997. The Morgan fingerprint density at radius 2 is 2.23 bits per heavy atom. The average Bonchev–Trinajstić information content (AvgIpc) is 2.84. The lowest BCUT2D eigenvalue weighted by atomic mass is 10.3. The second kappa shape index (κ2) is 5.22. The minimum absolute atomic E-state index is 0.182. The van der Waals surface area contributed by atoms with Crippen molar-refractivity contribution in [2.75, 3.05) is 20.1 Å². The summed E-state index contributed by atoms with van der Waals surface area (Å²) in [6.07, 6.45) is 4.70.